The van der Waals surface area contributed by atoms with Gasteiger partial charge in [-0.15, -0.1) is 0 Å². The van der Waals surface area contributed by atoms with Crippen LogP contribution in [0.1, 0.15) is 13.8 Å². The van der Waals surface area contributed by atoms with Crippen LogP contribution in [0, 0.1) is 0 Å². The fourth-order valence-corrected chi connectivity index (χ4v) is 1.22. The van der Waals surface area contributed by atoms with E-state index in [0.717, 1.165) is 0 Å². The van der Waals surface area contributed by atoms with Crippen LogP contribution in [0.25, 0.3) is 11.0 Å². The molecule has 16 heavy (non-hydrogen) atoms. The van der Waals surface area contributed by atoms with Crippen LogP contribution in [-0.4, -0.2) is 17.1 Å². The van der Waals surface area contributed by atoms with Gasteiger partial charge in [0.15, 0.2) is 0 Å². The second-order valence-corrected chi connectivity index (χ2v) is 2.82. The molecule has 0 bridgehead atoms. The van der Waals surface area contributed by atoms with Crippen LogP contribution in [0.3, 0.4) is 0 Å². The first-order valence-electron chi connectivity index (χ1n) is 5.01. The molecule has 2 rings (SSSR count). The minimum absolute atomic E-state index is 0.550. The SMILES string of the molecule is CC.COc1ccc2[nH]c(=O)c(=O)[nH]c2c1. The van der Waals surface area contributed by atoms with Crippen molar-refractivity contribution < 1.29 is 4.74 Å². The molecule has 1 aromatic carbocycles. The number of aromatic nitrogens is 2. The Kier molecular flexibility index (Phi) is 3.88. The van der Waals surface area contributed by atoms with Crippen molar-refractivity contribution in [3.63, 3.8) is 0 Å². The van der Waals surface area contributed by atoms with Crippen LogP contribution in [0.4, 0.5) is 0 Å². The number of nitrogens with one attached hydrogen (secondary N) is 2. The summed E-state index contributed by atoms with van der Waals surface area (Å²) in [7, 11) is 1.53. The first-order chi connectivity index (χ1) is 7.70. The minimum Gasteiger partial charge on any atom is -0.497 e. The zero-order chi connectivity index (χ0) is 12.1. The summed E-state index contributed by atoms with van der Waals surface area (Å²) in [6.45, 7) is 4.00. The van der Waals surface area contributed by atoms with Crippen LogP contribution in [-0.2, 0) is 0 Å². The van der Waals surface area contributed by atoms with Crippen molar-refractivity contribution in [1.82, 2.24) is 9.97 Å². The Morgan fingerprint density at radius 1 is 1.00 bits per heavy atom. The lowest BCUT2D eigenvalue weighted by molar-refractivity contribution is 0.415. The van der Waals surface area contributed by atoms with E-state index in [4.69, 9.17) is 4.74 Å². The molecule has 0 amide bonds. The molecule has 0 aliphatic rings. The van der Waals surface area contributed by atoms with Crippen molar-refractivity contribution in [3.05, 3.63) is 38.9 Å². The number of aromatic amines is 2. The second kappa shape index (κ2) is 5.16. The summed E-state index contributed by atoms with van der Waals surface area (Å²) in [6, 6.07) is 5.02. The molecule has 1 aromatic heterocycles. The normalized spacial score (nSPS) is 9.44. The van der Waals surface area contributed by atoms with Crippen LogP contribution >= 0.6 is 0 Å². The maximum absolute atomic E-state index is 11.0. The number of methoxy groups -OCH3 is 1. The Morgan fingerprint density at radius 3 is 2.12 bits per heavy atom. The number of hydrogen-bond donors (Lipinski definition) is 2. The topological polar surface area (TPSA) is 75.0 Å². The molecule has 0 aliphatic heterocycles. The zero-order valence-electron chi connectivity index (χ0n) is 9.46. The first kappa shape index (κ1) is 12.0. The third-order valence-electron chi connectivity index (χ3n) is 1.93. The van der Waals surface area contributed by atoms with Gasteiger partial charge in [0.25, 0.3) is 0 Å². The summed E-state index contributed by atoms with van der Waals surface area (Å²) in [6.07, 6.45) is 0. The molecular weight excluding hydrogens is 208 g/mol. The molecular formula is C11H14N2O3. The number of hydrogen-bond acceptors (Lipinski definition) is 3. The summed E-state index contributed by atoms with van der Waals surface area (Å²) in [5, 5.41) is 0. The number of fused-ring (bicyclic) bond motifs is 1. The lowest BCUT2D eigenvalue weighted by Gasteiger charge is -2.00. The van der Waals surface area contributed by atoms with Gasteiger partial charge in [-0.1, -0.05) is 13.8 Å². The van der Waals surface area contributed by atoms with Crippen molar-refractivity contribution in [1.29, 1.82) is 0 Å². The van der Waals surface area contributed by atoms with Gasteiger partial charge in [0.05, 0.1) is 18.1 Å². The molecule has 0 spiro atoms. The fraction of sp³-hybridized carbons (Fsp3) is 0.273. The van der Waals surface area contributed by atoms with E-state index in [9.17, 15) is 9.59 Å². The molecule has 0 aliphatic carbocycles. The summed E-state index contributed by atoms with van der Waals surface area (Å²) in [5.41, 5.74) is -0.183. The third-order valence-corrected chi connectivity index (χ3v) is 1.93. The maximum Gasteiger partial charge on any atom is 0.314 e. The van der Waals surface area contributed by atoms with Gasteiger partial charge >= 0.3 is 11.1 Å². The Balaban J connectivity index is 0.000000606. The van der Waals surface area contributed by atoms with Gasteiger partial charge in [-0.2, -0.15) is 0 Å². The van der Waals surface area contributed by atoms with E-state index in [2.05, 4.69) is 9.97 Å². The Hall–Kier alpha value is -2.04. The monoisotopic (exact) mass is 222 g/mol. The Bertz CT molecular complexity index is 584. The molecule has 2 N–H and O–H groups in total. The van der Waals surface area contributed by atoms with Crippen molar-refractivity contribution in [3.8, 4) is 5.75 Å². The van der Waals surface area contributed by atoms with Gasteiger partial charge in [0.1, 0.15) is 5.75 Å². The van der Waals surface area contributed by atoms with E-state index in [0.29, 0.717) is 16.8 Å². The fourth-order valence-electron chi connectivity index (χ4n) is 1.22. The predicted octanol–water partition coefficient (Wildman–Crippen LogP) is 1.25. The van der Waals surface area contributed by atoms with Crippen molar-refractivity contribution in [2.45, 2.75) is 13.8 Å². The van der Waals surface area contributed by atoms with E-state index < -0.39 is 11.1 Å². The average molecular weight is 222 g/mol. The van der Waals surface area contributed by atoms with Gasteiger partial charge in [0.2, 0.25) is 0 Å². The number of rotatable bonds is 1. The highest BCUT2D eigenvalue weighted by atomic mass is 16.5. The van der Waals surface area contributed by atoms with Crippen LogP contribution in [0.15, 0.2) is 27.8 Å². The Morgan fingerprint density at radius 2 is 1.56 bits per heavy atom. The number of ether oxygens (including phenoxy) is 1. The van der Waals surface area contributed by atoms with Crippen molar-refractivity contribution in [2.75, 3.05) is 7.11 Å². The lowest BCUT2D eigenvalue weighted by Crippen LogP contribution is -2.28. The molecule has 86 valence electrons. The van der Waals surface area contributed by atoms with Gasteiger partial charge < -0.3 is 14.7 Å². The third kappa shape index (κ3) is 2.31. The summed E-state index contributed by atoms with van der Waals surface area (Å²) < 4.78 is 4.98. The molecule has 2 aromatic rings. The largest absolute Gasteiger partial charge is 0.497 e. The van der Waals surface area contributed by atoms with E-state index >= 15 is 0 Å². The molecule has 0 radical (unpaired) electrons. The highest BCUT2D eigenvalue weighted by Crippen LogP contribution is 2.14. The summed E-state index contributed by atoms with van der Waals surface area (Å²) in [4.78, 5) is 26.9. The van der Waals surface area contributed by atoms with E-state index in [1.807, 2.05) is 13.8 Å². The summed E-state index contributed by atoms with van der Waals surface area (Å²) in [5.74, 6) is 0.625. The molecule has 5 heteroatoms. The predicted molar refractivity (Wildman–Crippen MR) is 63.1 cm³/mol. The van der Waals surface area contributed by atoms with E-state index in [1.54, 1.807) is 18.2 Å². The number of benzene rings is 1. The molecule has 0 atom stereocenters. The second-order valence-electron chi connectivity index (χ2n) is 2.82. The first-order valence-corrected chi connectivity index (χ1v) is 5.01. The molecule has 1 heterocycles. The van der Waals surface area contributed by atoms with Gasteiger partial charge in [-0.05, 0) is 12.1 Å². The zero-order valence-corrected chi connectivity index (χ0v) is 9.46. The standard InChI is InChI=1S/C9H8N2O3.C2H6/c1-14-5-2-3-6-7(4-5)11-9(13)8(12)10-6;1-2/h2-4H,1H3,(H,10,12)(H,11,13);1-2H3. The van der Waals surface area contributed by atoms with E-state index in [1.165, 1.54) is 7.11 Å². The van der Waals surface area contributed by atoms with Crippen molar-refractivity contribution >= 4 is 11.0 Å². The molecule has 5 nitrogen and oxygen atoms in total. The summed E-state index contributed by atoms with van der Waals surface area (Å²) >= 11 is 0. The van der Waals surface area contributed by atoms with Crippen molar-refractivity contribution in [2.24, 2.45) is 0 Å². The van der Waals surface area contributed by atoms with Crippen LogP contribution in [0.5, 0.6) is 5.75 Å². The number of H-pyrrole nitrogens is 2. The van der Waals surface area contributed by atoms with Gasteiger partial charge in [-0.25, -0.2) is 0 Å². The van der Waals surface area contributed by atoms with Gasteiger partial charge in [0, 0.05) is 6.07 Å². The van der Waals surface area contributed by atoms with Gasteiger partial charge in [-0.3, -0.25) is 9.59 Å². The maximum atomic E-state index is 11.0. The average Bonchev–Trinajstić information content (AvgIpc) is 2.33. The molecule has 0 saturated heterocycles. The highest BCUT2D eigenvalue weighted by Gasteiger charge is 1.99. The van der Waals surface area contributed by atoms with Crippen LogP contribution < -0.4 is 15.9 Å². The Labute approximate surface area is 92.1 Å². The van der Waals surface area contributed by atoms with Crippen LogP contribution in [0.2, 0.25) is 0 Å². The molecule has 0 saturated carbocycles. The van der Waals surface area contributed by atoms with E-state index in [-0.39, 0.29) is 0 Å². The minimum atomic E-state index is -0.661. The smallest absolute Gasteiger partial charge is 0.314 e. The quantitative estimate of drug-likeness (QED) is 0.713. The molecule has 0 fully saturated rings. The lowest BCUT2D eigenvalue weighted by atomic mass is 10.3. The highest BCUT2D eigenvalue weighted by molar-refractivity contribution is 5.75. The molecule has 0 unspecified atom stereocenters.